The Morgan fingerprint density at radius 3 is 2.60 bits per heavy atom. The summed E-state index contributed by atoms with van der Waals surface area (Å²) in [5.41, 5.74) is 4.18. The van der Waals surface area contributed by atoms with Crippen molar-refractivity contribution in [1.82, 2.24) is 0 Å². The molecule has 0 saturated carbocycles. The molecule has 2 aromatic carbocycles. The molecule has 20 heavy (non-hydrogen) atoms. The van der Waals surface area contributed by atoms with Crippen molar-refractivity contribution in [3.05, 3.63) is 65.7 Å². The highest BCUT2D eigenvalue weighted by Gasteiger charge is 2.23. The van der Waals surface area contributed by atoms with E-state index in [1.54, 1.807) is 7.11 Å². The lowest BCUT2D eigenvalue weighted by atomic mass is 9.92. The van der Waals surface area contributed by atoms with E-state index in [0.717, 1.165) is 26.1 Å². The molecule has 0 unspecified atom stereocenters. The van der Waals surface area contributed by atoms with Crippen LogP contribution in [0.15, 0.2) is 54.6 Å². The van der Waals surface area contributed by atoms with Crippen molar-refractivity contribution in [2.24, 2.45) is 5.92 Å². The SMILES string of the molecule is COC[C@H]1Cc2ccccc2N(Cc2ccccc2)C1. The molecule has 3 rings (SSSR count). The molecule has 104 valence electrons. The summed E-state index contributed by atoms with van der Waals surface area (Å²) in [5, 5.41) is 0. The molecule has 1 aliphatic heterocycles. The third kappa shape index (κ3) is 2.86. The number of fused-ring (bicyclic) bond motifs is 1. The number of rotatable bonds is 4. The second-order valence-electron chi connectivity index (χ2n) is 5.52. The summed E-state index contributed by atoms with van der Waals surface area (Å²) in [7, 11) is 1.79. The standard InChI is InChI=1S/C18H21NO/c1-20-14-16-11-17-9-5-6-10-18(17)19(13-16)12-15-7-3-2-4-8-15/h2-10,16H,11-14H2,1H3/t16-/m0/s1. The zero-order chi connectivity index (χ0) is 13.8. The highest BCUT2D eigenvalue weighted by Crippen LogP contribution is 2.30. The van der Waals surface area contributed by atoms with Crippen LogP contribution >= 0.6 is 0 Å². The van der Waals surface area contributed by atoms with E-state index in [4.69, 9.17) is 4.74 Å². The Balaban J connectivity index is 1.85. The molecule has 0 bridgehead atoms. The molecule has 0 saturated heterocycles. The van der Waals surface area contributed by atoms with Crippen molar-refractivity contribution in [1.29, 1.82) is 0 Å². The highest BCUT2D eigenvalue weighted by molar-refractivity contribution is 5.56. The van der Waals surface area contributed by atoms with E-state index in [2.05, 4.69) is 59.5 Å². The molecule has 1 aliphatic rings. The Morgan fingerprint density at radius 1 is 1.05 bits per heavy atom. The van der Waals surface area contributed by atoms with Crippen LogP contribution in [0.4, 0.5) is 5.69 Å². The molecule has 0 radical (unpaired) electrons. The summed E-state index contributed by atoms with van der Waals surface area (Å²) in [5.74, 6) is 0.582. The van der Waals surface area contributed by atoms with Gasteiger partial charge in [0.05, 0.1) is 6.61 Å². The first kappa shape index (κ1) is 13.2. The quantitative estimate of drug-likeness (QED) is 0.840. The summed E-state index contributed by atoms with van der Waals surface area (Å²) < 4.78 is 5.37. The average molecular weight is 267 g/mol. The Hall–Kier alpha value is -1.80. The molecular formula is C18H21NO. The van der Waals surface area contributed by atoms with Gasteiger partial charge in [0.2, 0.25) is 0 Å². The molecule has 0 fully saturated rings. The van der Waals surface area contributed by atoms with Crippen molar-refractivity contribution in [3.63, 3.8) is 0 Å². The normalized spacial score (nSPS) is 17.9. The first-order valence-corrected chi connectivity index (χ1v) is 7.22. The number of methoxy groups -OCH3 is 1. The van der Waals surface area contributed by atoms with Crippen LogP contribution in [0.1, 0.15) is 11.1 Å². The summed E-state index contributed by atoms with van der Waals surface area (Å²) in [6.07, 6.45) is 1.12. The fourth-order valence-corrected chi connectivity index (χ4v) is 3.08. The fraction of sp³-hybridized carbons (Fsp3) is 0.333. The molecule has 2 heteroatoms. The van der Waals surface area contributed by atoms with Crippen molar-refractivity contribution < 1.29 is 4.74 Å². The lowest BCUT2D eigenvalue weighted by Gasteiger charge is -2.36. The smallest absolute Gasteiger partial charge is 0.0510 e. The van der Waals surface area contributed by atoms with Crippen molar-refractivity contribution in [3.8, 4) is 0 Å². The second kappa shape index (κ2) is 6.10. The molecule has 0 amide bonds. The van der Waals surface area contributed by atoms with E-state index in [1.807, 2.05) is 0 Å². The summed E-state index contributed by atoms with van der Waals surface area (Å²) in [6, 6.07) is 19.4. The van der Waals surface area contributed by atoms with Crippen LogP contribution in [-0.2, 0) is 17.7 Å². The number of hydrogen-bond donors (Lipinski definition) is 0. The Morgan fingerprint density at radius 2 is 1.80 bits per heavy atom. The molecule has 2 nitrogen and oxygen atoms in total. The van der Waals surface area contributed by atoms with Crippen molar-refractivity contribution >= 4 is 5.69 Å². The molecule has 0 spiro atoms. The van der Waals surface area contributed by atoms with Crippen LogP contribution in [0.25, 0.3) is 0 Å². The van der Waals surface area contributed by atoms with E-state index >= 15 is 0 Å². The molecule has 1 heterocycles. The second-order valence-corrected chi connectivity index (χ2v) is 5.52. The molecule has 1 atom stereocenters. The molecule has 0 aromatic heterocycles. The fourth-order valence-electron chi connectivity index (χ4n) is 3.08. The van der Waals surface area contributed by atoms with Crippen LogP contribution in [-0.4, -0.2) is 20.3 Å². The number of ether oxygens (including phenoxy) is 1. The Kier molecular flexibility index (Phi) is 4.03. The van der Waals surface area contributed by atoms with Gasteiger partial charge in [-0.05, 0) is 23.6 Å². The molecule has 0 aliphatic carbocycles. The molecule has 2 aromatic rings. The van der Waals surface area contributed by atoms with Crippen LogP contribution in [0.5, 0.6) is 0 Å². The van der Waals surface area contributed by atoms with Gasteiger partial charge in [0.25, 0.3) is 0 Å². The lowest BCUT2D eigenvalue weighted by molar-refractivity contribution is 0.152. The maximum absolute atomic E-state index is 5.37. The summed E-state index contributed by atoms with van der Waals surface area (Å²) in [4.78, 5) is 2.48. The minimum Gasteiger partial charge on any atom is -0.384 e. The Labute approximate surface area is 121 Å². The van der Waals surface area contributed by atoms with Gasteiger partial charge in [0.1, 0.15) is 0 Å². The topological polar surface area (TPSA) is 12.5 Å². The van der Waals surface area contributed by atoms with E-state index in [-0.39, 0.29) is 0 Å². The van der Waals surface area contributed by atoms with Gasteiger partial charge >= 0.3 is 0 Å². The number of hydrogen-bond acceptors (Lipinski definition) is 2. The number of anilines is 1. The van der Waals surface area contributed by atoms with Crippen molar-refractivity contribution in [2.75, 3.05) is 25.2 Å². The number of benzene rings is 2. The van der Waals surface area contributed by atoms with Gasteiger partial charge in [-0.2, -0.15) is 0 Å². The zero-order valence-corrected chi connectivity index (χ0v) is 12.0. The number of nitrogens with zero attached hydrogens (tertiary/aromatic N) is 1. The number of para-hydroxylation sites is 1. The van der Waals surface area contributed by atoms with Gasteiger partial charge in [-0.15, -0.1) is 0 Å². The van der Waals surface area contributed by atoms with Gasteiger partial charge in [0.15, 0.2) is 0 Å². The molecular weight excluding hydrogens is 246 g/mol. The highest BCUT2D eigenvalue weighted by atomic mass is 16.5. The van der Waals surface area contributed by atoms with Gasteiger partial charge in [-0.1, -0.05) is 48.5 Å². The van der Waals surface area contributed by atoms with Gasteiger partial charge in [0, 0.05) is 31.8 Å². The van der Waals surface area contributed by atoms with Gasteiger partial charge in [-0.3, -0.25) is 0 Å². The summed E-state index contributed by atoms with van der Waals surface area (Å²) in [6.45, 7) is 2.87. The predicted molar refractivity (Wildman–Crippen MR) is 83.0 cm³/mol. The minimum atomic E-state index is 0.582. The minimum absolute atomic E-state index is 0.582. The lowest BCUT2D eigenvalue weighted by Crippen LogP contribution is -2.36. The van der Waals surface area contributed by atoms with E-state index in [9.17, 15) is 0 Å². The van der Waals surface area contributed by atoms with Crippen LogP contribution < -0.4 is 4.90 Å². The monoisotopic (exact) mass is 267 g/mol. The molecule has 0 N–H and O–H groups in total. The maximum Gasteiger partial charge on any atom is 0.0510 e. The van der Waals surface area contributed by atoms with Crippen LogP contribution in [0.2, 0.25) is 0 Å². The predicted octanol–water partition coefficient (Wildman–Crippen LogP) is 3.51. The van der Waals surface area contributed by atoms with E-state index < -0.39 is 0 Å². The first-order chi connectivity index (χ1) is 9.86. The van der Waals surface area contributed by atoms with Gasteiger partial charge in [-0.25, -0.2) is 0 Å². The van der Waals surface area contributed by atoms with Crippen molar-refractivity contribution in [2.45, 2.75) is 13.0 Å². The largest absolute Gasteiger partial charge is 0.384 e. The van der Waals surface area contributed by atoms with Gasteiger partial charge < -0.3 is 9.64 Å². The third-order valence-electron chi connectivity index (χ3n) is 3.94. The van der Waals surface area contributed by atoms with Crippen LogP contribution in [0, 0.1) is 5.92 Å². The summed E-state index contributed by atoms with van der Waals surface area (Å²) >= 11 is 0. The first-order valence-electron chi connectivity index (χ1n) is 7.22. The zero-order valence-electron chi connectivity index (χ0n) is 12.0. The Bertz CT molecular complexity index is 552. The average Bonchev–Trinajstić information content (AvgIpc) is 2.49. The maximum atomic E-state index is 5.37. The van der Waals surface area contributed by atoms with E-state index in [0.29, 0.717) is 5.92 Å². The third-order valence-corrected chi connectivity index (χ3v) is 3.94. The van der Waals surface area contributed by atoms with E-state index in [1.165, 1.54) is 16.8 Å². The van der Waals surface area contributed by atoms with Crippen LogP contribution in [0.3, 0.4) is 0 Å².